The van der Waals surface area contributed by atoms with Crippen molar-refractivity contribution in [2.75, 3.05) is 48.2 Å². The number of hydrogen-bond acceptors (Lipinski definition) is 7. The summed E-state index contributed by atoms with van der Waals surface area (Å²) in [6, 6.07) is 5.34. The summed E-state index contributed by atoms with van der Waals surface area (Å²) in [5.74, 6) is 1.17. The van der Waals surface area contributed by atoms with Crippen LogP contribution in [0.1, 0.15) is 5.56 Å². The second kappa shape index (κ2) is 10.4. The van der Waals surface area contributed by atoms with Crippen molar-refractivity contribution in [1.29, 1.82) is 0 Å². The van der Waals surface area contributed by atoms with Crippen LogP contribution in [0.25, 0.3) is 6.08 Å². The number of hydrogen-bond donors (Lipinski definition) is 0. The molecule has 130 valence electrons. The maximum atomic E-state index is 12.0. The molecule has 1 rings (SSSR count). The molecular formula is C15H23O7P. The van der Waals surface area contributed by atoms with Crippen molar-refractivity contribution in [3.05, 3.63) is 29.8 Å². The Bertz CT molecular complexity index is 510. The van der Waals surface area contributed by atoms with Crippen LogP contribution in [0.15, 0.2) is 24.3 Å². The molecule has 0 radical (unpaired) electrons. The van der Waals surface area contributed by atoms with E-state index in [9.17, 15) is 4.57 Å². The van der Waals surface area contributed by atoms with Crippen molar-refractivity contribution in [2.24, 2.45) is 0 Å². The molecule has 1 aromatic carbocycles. The van der Waals surface area contributed by atoms with E-state index >= 15 is 0 Å². The standard InChI is InChI=1S/C15H23O7P/c1-17-11-21-14-8-13(9-15(10-14)22-12-18-2)6-5-7-23(16,19-3)20-4/h5-6,8-10H,7,11-12H2,1-4H3/b6-5+. The number of methoxy groups -OCH3 is 2. The first kappa shape index (κ1) is 19.7. The largest absolute Gasteiger partial charge is 0.467 e. The molecule has 0 aliphatic heterocycles. The van der Waals surface area contributed by atoms with Gasteiger partial charge in [0.2, 0.25) is 0 Å². The average molecular weight is 346 g/mol. The van der Waals surface area contributed by atoms with Gasteiger partial charge >= 0.3 is 7.60 Å². The quantitative estimate of drug-likeness (QED) is 0.450. The number of allylic oxidation sites excluding steroid dienone is 1. The maximum Gasteiger partial charge on any atom is 0.333 e. The molecule has 0 aliphatic rings. The van der Waals surface area contributed by atoms with E-state index in [1.807, 2.05) is 0 Å². The summed E-state index contributed by atoms with van der Waals surface area (Å²) in [5, 5.41) is 0. The van der Waals surface area contributed by atoms with Crippen LogP contribution in [0.2, 0.25) is 0 Å². The summed E-state index contributed by atoms with van der Waals surface area (Å²) < 4.78 is 42.4. The van der Waals surface area contributed by atoms with Gasteiger partial charge in [-0.3, -0.25) is 4.57 Å². The van der Waals surface area contributed by atoms with Crippen molar-refractivity contribution in [1.82, 2.24) is 0 Å². The molecule has 0 heterocycles. The average Bonchev–Trinajstić information content (AvgIpc) is 2.57. The predicted molar refractivity (Wildman–Crippen MR) is 87.0 cm³/mol. The van der Waals surface area contributed by atoms with Crippen molar-refractivity contribution in [2.45, 2.75) is 0 Å². The van der Waals surface area contributed by atoms with Gasteiger partial charge in [-0.1, -0.05) is 12.2 Å². The second-order valence-corrected chi connectivity index (χ2v) is 6.72. The Morgan fingerprint density at radius 3 is 1.87 bits per heavy atom. The second-order valence-electron chi connectivity index (χ2n) is 4.40. The number of rotatable bonds is 11. The Hall–Kier alpha value is -1.37. The zero-order valence-electron chi connectivity index (χ0n) is 13.8. The summed E-state index contributed by atoms with van der Waals surface area (Å²) in [5.41, 5.74) is 0.809. The van der Waals surface area contributed by atoms with Gasteiger partial charge in [0, 0.05) is 34.5 Å². The lowest BCUT2D eigenvalue weighted by Crippen LogP contribution is -2.02. The summed E-state index contributed by atoms with van der Waals surface area (Å²) in [4.78, 5) is 0. The van der Waals surface area contributed by atoms with Crippen molar-refractivity contribution in [3.8, 4) is 11.5 Å². The molecular weight excluding hydrogens is 323 g/mol. The van der Waals surface area contributed by atoms with E-state index in [2.05, 4.69) is 0 Å². The third-order valence-electron chi connectivity index (χ3n) is 2.78. The van der Waals surface area contributed by atoms with E-state index < -0.39 is 7.60 Å². The van der Waals surface area contributed by atoms with Crippen LogP contribution in [-0.4, -0.2) is 48.2 Å². The van der Waals surface area contributed by atoms with Crippen molar-refractivity contribution >= 4 is 13.7 Å². The SMILES string of the molecule is COCOc1cc(/C=C/CP(=O)(OC)OC)cc(OCOC)c1. The van der Waals surface area contributed by atoms with Gasteiger partial charge in [0.05, 0.1) is 6.16 Å². The van der Waals surface area contributed by atoms with Gasteiger partial charge < -0.3 is 28.0 Å². The molecule has 0 saturated carbocycles. The molecule has 0 aromatic heterocycles. The molecule has 0 aliphatic carbocycles. The van der Waals surface area contributed by atoms with Crippen molar-refractivity contribution in [3.63, 3.8) is 0 Å². The first-order valence-electron chi connectivity index (χ1n) is 6.82. The third-order valence-corrected chi connectivity index (χ3v) is 4.56. The van der Waals surface area contributed by atoms with Crippen molar-refractivity contribution < 1.29 is 32.6 Å². The van der Waals surface area contributed by atoms with E-state index in [1.54, 1.807) is 44.6 Å². The minimum absolute atomic E-state index is 0.124. The van der Waals surface area contributed by atoms with Crippen LogP contribution in [0.3, 0.4) is 0 Å². The van der Waals surface area contributed by atoms with Gasteiger partial charge in [0.15, 0.2) is 13.6 Å². The Morgan fingerprint density at radius 1 is 0.913 bits per heavy atom. The van der Waals surface area contributed by atoms with Crippen LogP contribution in [-0.2, 0) is 23.1 Å². The highest BCUT2D eigenvalue weighted by atomic mass is 31.2. The molecule has 0 unspecified atom stereocenters. The Balaban J connectivity index is 2.88. The van der Waals surface area contributed by atoms with Crippen LogP contribution >= 0.6 is 7.60 Å². The van der Waals surface area contributed by atoms with Gasteiger partial charge in [-0.25, -0.2) is 0 Å². The highest BCUT2D eigenvalue weighted by molar-refractivity contribution is 7.54. The van der Waals surface area contributed by atoms with E-state index in [4.69, 9.17) is 28.0 Å². The van der Waals surface area contributed by atoms with E-state index in [0.29, 0.717) is 11.5 Å². The lowest BCUT2D eigenvalue weighted by molar-refractivity contribution is 0.0460. The Kier molecular flexibility index (Phi) is 8.91. The molecule has 8 heteroatoms. The molecule has 1 aromatic rings. The molecule has 23 heavy (non-hydrogen) atoms. The first-order valence-corrected chi connectivity index (χ1v) is 8.55. The number of benzene rings is 1. The molecule has 0 saturated heterocycles. The molecule has 0 amide bonds. The third kappa shape index (κ3) is 7.16. The summed E-state index contributed by atoms with van der Waals surface area (Å²) in [6.07, 6.45) is 3.66. The topological polar surface area (TPSA) is 72.5 Å². The molecule has 0 bridgehead atoms. The van der Waals surface area contributed by atoms with Gasteiger partial charge in [-0.15, -0.1) is 0 Å². The lowest BCUT2D eigenvalue weighted by atomic mass is 10.2. The fourth-order valence-electron chi connectivity index (χ4n) is 1.65. The maximum absolute atomic E-state index is 12.0. The molecule has 7 nitrogen and oxygen atoms in total. The van der Waals surface area contributed by atoms with Gasteiger partial charge in [0.25, 0.3) is 0 Å². The first-order chi connectivity index (χ1) is 11.1. The highest BCUT2D eigenvalue weighted by Crippen LogP contribution is 2.46. The summed E-state index contributed by atoms with van der Waals surface area (Å²) >= 11 is 0. The zero-order valence-corrected chi connectivity index (χ0v) is 14.7. The molecule has 0 N–H and O–H groups in total. The van der Waals surface area contributed by atoms with Gasteiger partial charge in [-0.2, -0.15) is 0 Å². The van der Waals surface area contributed by atoms with Crippen LogP contribution in [0.4, 0.5) is 0 Å². The highest BCUT2D eigenvalue weighted by Gasteiger charge is 2.18. The van der Waals surface area contributed by atoms with E-state index in [0.717, 1.165) is 5.56 Å². The van der Waals surface area contributed by atoms with Crippen LogP contribution in [0, 0.1) is 0 Å². The van der Waals surface area contributed by atoms with Crippen LogP contribution < -0.4 is 9.47 Å². The fourth-order valence-corrected chi connectivity index (χ4v) is 2.46. The van der Waals surface area contributed by atoms with E-state index in [-0.39, 0.29) is 19.7 Å². The Labute approximate surface area is 136 Å². The normalized spacial score (nSPS) is 11.8. The zero-order chi connectivity index (χ0) is 17.1. The minimum atomic E-state index is -3.07. The Morgan fingerprint density at radius 2 is 1.43 bits per heavy atom. The summed E-state index contributed by atoms with van der Waals surface area (Å²) in [7, 11) is 2.73. The van der Waals surface area contributed by atoms with Gasteiger partial charge in [-0.05, 0) is 17.7 Å². The van der Waals surface area contributed by atoms with E-state index in [1.165, 1.54) is 14.2 Å². The molecule has 0 spiro atoms. The smallest absolute Gasteiger partial charge is 0.333 e. The minimum Gasteiger partial charge on any atom is -0.467 e. The molecule has 0 atom stereocenters. The number of ether oxygens (including phenoxy) is 4. The fraction of sp³-hybridized carbons (Fsp3) is 0.467. The monoisotopic (exact) mass is 346 g/mol. The predicted octanol–water partition coefficient (Wildman–Crippen LogP) is 3.15. The molecule has 0 fully saturated rings. The summed E-state index contributed by atoms with van der Waals surface area (Å²) in [6.45, 7) is 0.249. The lowest BCUT2D eigenvalue weighted by Gasteiger charge is -2.11. The van der Waals surface area contributed by atoms with Gasteiger partial charge in [0.1, 0.15) is 11.5 Å². The van der Waals surface area contributed by atoms with Crippen LogP contribution in [0.5, 0.6) is 11.5 Å².